The highest BCUT2D eigenvalue weighted by molar-refractivity contribution is 6.43. The zero-order valence-electron chi connectivity index (χ0n) is 23.7. The number of hydrogen-bond acceptors (Lipinski definition) is 5. The summed E-state index contributed by atoms with van der Waals surface area (Å²) in [4.78, 5) is 35.2. The number of fused-ring (bicyclic) bond motifs is 1. The molecule has 9 heteroatoms. The van der Waals surface area contributed by atoms with Crippen molar-refractivity contribution in [3.05, 3.63) is 48.0 Å². The second-order valence-electron chi connectivity index (χ2n) is 9.61. The number of nitrogens with one attached hydrogen (secondary N) is 3. The van der Waals surface area contributed by atoms with Crippen LogP contribution in [-0.4, -0.2) is 53.4 Å². The molecule has 3 amide bonds. The van der Waals surface area contributed by atoms with Crippen LogP contribution in [0.25, 0.3) is 10.8 Å². The quantitative estimate of drug-likeness (QED) is 0.310. The number of carbonyl (C=O) groups excluding carboxylic acids is 3. The summed E-state index contributed by atoms with van der Waals surface area (Å²) < 4.78 is 0. The molecule has 2 aromatic carbocycles. The molecule has 0 saturated carbocycles. The lowest BCUT2D eigenvalue weighted by atomic mass is 9.75. The third kappa shape index (κ3) is 14.4. The Hall–Kier alpha value is -2.91. The molecule has 2 unspecified atom stereocenters. The van der Waals surface area contributed by atoms with Crippen molar-refractivity contribution in [1.29, 1.82) is 0 Å². The smallest absolute Gasteiger partial charge is 0.426 e. The van der Waals surface area contributed by atoms with Crippen molar-refractivity contribution < 1.29 is 24.4 Å². The van der Waals surface area contributed by atoms with E-state index < -0.39 is 30.9 Å². The van der Waals surface area contributed by atoms with Gasteiger partial charge in [-0.15, -0.1) is 0 Å². The lowest BCUT2D eigenvalue weighted by Gasteiger charge is -2.21. The fraction of sp³-hybridized carbons (Fsp3) is 0.536. The first-order chi connectivity index (χ1) is 17.4. The average Bonchev–Trinajstić information content (AvgIpc) is 2.83. The fourth-order valence-electron chi connectivity index (χ4n) is 3.65. The Balaban J connectivity index is 0.000000813. The van der Waals surface area contributed by atoms with Crippen molar-refractivity contribution in [2.75, 3.05) is 6.54 Å². The van der Waals surface area contributed by atoms with Gasteiger partial charge in [-0.1, -0.05) is 84.0 Å². The molecule has 8 nitrogen and oxygen atoms in total. The van der Waals surface area contributed by atoms with E-state index in [-0.39, 0.29) is 24.3 Å². The standard InChI is InChI=1S/C15H30BN3O5.C11H10.C2H6/c1-9(2)6-12(18-11(5)20)15(22)17-8-14(21)19-13(16(23)24)7-10(3)4;1-9-5-4-7-10-6-2-3-8-11(9)10;1-2/h9-10,12-13,23-24H,6-8H2,1-5H3,(H,17,22)(H,18,20)(H,19,21);2-8H,1H3;1-2H3. The Morgan fingerprint density at radius 3 is 1.95 bits per heavy atom. The molecule has 5 N–H and O–H groups in total. The van der Waals surface area contributed by atoms with Crippen molar-refractivity contribution in [3.8, 4) is 0 Å². The van der Waals surface area contributed by atoms with Gasteiger partial charge in [0.2, 0.25) is 17.7 Å². The first-order valence-electron chi connectivity index (χ1n) is 13.0. The molecule has 2 aromatic rings. The molecule has 0 aliphatic rings. The summed E-state index contributed by atoms with van der Waals surface area (Å²) in [5, 5.41) is 28.7. The molecule has 0 saturated heterocycles. The normalized spacial score (nSPS) is 11.9. The van der Waals surface area contributed by atoms with Gasteiger partial charge in [-0.05, 0) is 47.9 Å². The topological polar surface area (TPSA) is 128 Å². The van der Waals surface area contributed by atoms with E-state index in [0.29, 0.717) is 12.8 Å². The monoisotopic (exact) mass is 515 g/mol. The van der Waals surface area contributed by atoms with Gasteiger partial charge in [-0.3, -0.25) is 14.4 Å². The van der Waals surface area contributed by atoms with Gasteiger partial charge in [0.05, 0.1) is 12.5 Å². The van der Waals surface area contributed by atoms with Crippen molar-refractivity contribution in [2.24, 2.45) is 11.8 Å². The van der Waals surface area contributed by atoms with Crippen molar-refractivity contribution >= 4 is 35.6 Å². The first-order valence-corrected chi connectivity index (χ1v) is 13.0. The van der Waals surface area contributed by atoms with E-state index in [2.05, 4.69) is 65.3 Å². The molecule has 0 heterocycles. The van der Waals surface area contributed by atoms with Gasteiger partial charge >= 0.3 is 7.12 Å². The maximum atomic E-state index is 12.1. The van der Waals surface area contributed by atoms with Crippen LogP contribution in [0.4, 0.5) is 0 Å². The summed E-state index contributed by atoms with van der Waals surface area (Å²) in [6.45, 7) is 14.8. The number of hydrogen-bond donors (Lipinski definition) is 5. The zero-order chi connectivity index (χ0) is 28.5. The number of rotatable bonds is 10. The zero-order valence-corrected chi connectivity index (χ0v) is 23.7. The molecular formula is C28H46BN3O5. The van der Waals surface area contributed by atoms with E-state index in [1.165, 1.54) is 23.3 Å². The van der Waals surface area contributed by atoms with E-state index in [1.54, 1.807) is 0 Å². The van der Waals surface area contributed by atoms with E-state index in [1.807, 2.05) is 41.5 Å². The van der Waals surface area contributed by atoms with Gasteiger partial charge < -0.3 is 26.0 Å². The Morgan fingerprint density at radius 2 is 1.43 bits per heavy atom. The fourth-order valence-corrected chi connectivity index (χ4v) is 3.65. The Morgan fingerprint density at radius 1 is 0.865 bits per heavy atom. The van der Waals surface area contributed by atoms with Crippen LogP contribution >= 0.6 is 0 Å². The molecule has 37 heavy (non-hydrogen) atoms. The minimum Gasteiger partial charge on any atom is -0.426 e. The van der Waals surface area contributed by atoms with Crippen LogP contribution in [0.2, 0.25) is 0 Å². The minimum atomic E-state index is -1.67. The van der Waals surface area contributed by atoms with E-state index >= 15 is 0 Å². The summed E-state index contributed by atoms with van der Waals surface area (Å²) in [6.07, 6.45) is 0.859. The first kappa shape index (κ1) is 34.1. The molecule has 206 valence electrons. The molecule has 0 radical (unpaired) electrons. The van der Waals surface area contributed by atoms with Gasteiger partial charge in [0, 0.05) is 6.92 Å². The predicted octanol–water partition coefficient (Wildman–Crippen LogP) is 3.37. The second-order valence-corrected chi connectivity index (χ2v) is 9.61. The van der Waals surface area contributed by atoms with Crippen LogP contribution in [0.5, 0.6) is 0 Å². The molecule has 0 aliphatic heterocycles. The second kappa shape index (κ2) is 18.4. The van der Waals surface area contributed by atoms with E-state index in [4.69, 9.17) is 0 Å². The minimum absolute atomic E-state index is 0.168. The third-order valence-corrected chi connectivity index (χ3v) is 5.26. The number of carbonyl (C=O) groups is 3. The number of aryl methyl sites for hydroxylation is 1. The van der Waals surface area contributed by atoms with Crippen molar-refractivity contribution in [3.63, 3.8) is 0 Å². The lowest BCUT2D eigenvalue weighted by molar-refractivity contribution is -0.130. The van der Waals surface area contributed by atoms with Crippen LogP contribution in [0.1, 0.15) is 66.9 Å². The summed E-state index contributed by atoms with van der Waals surface area (Å²) in [5.74, 6) is -1.72. The van der Waals surface area contributed by atoms with Crippen LogP contribution < -0.4 is 16.0 Å². The average molecular weight is 516 g/mol. The number of benzene rings is 2. The highest BCUT2D eigenvalue weighted by Crippen LogP contribution is 2.16. The van der Waals surface area contributed by atoms with Gasteiger partial charge in [-0.25, -0.2) is 0 Å². The Labute approximate surface area is 222 Å². The lowest BCUT2D eigenvalue weighted by Crippen LogP contribution is -2.52. The molecule has 0 spiro atoms. The van der Waals surface area contributed by atoms with E-state index in [9.17, 15) is 24.4 Å². The molecule has 2 rings (SSSR count). The van der Waals surface area contributed by atoms with Crippen LogP contribution in [0.15, 0.2) is 42.5 Å². The summed E-state index contributed by atoms with van der Waals surface area (Å²) >= 11 is 0. The molecule has 2 atom stereocenters. The summed E-state index contributed by atoms with van der Waals surface area (Å²) in [7, 11) is -1.67. The molecule has 0 aliphatic carbocycles. The third-order valence-electron chi connectivity index (χ3n) is 5.26. The number of amides is 3. The van der Waals surface area contributed by atoms with E-state index in [0.717, 1.165) is 0 Å². The van der Waals surface area contributed by atoms with Crippen LogP contribution in [0, 0.1) is 18.8 Å². The molecular weight excluding hydrogens is 469 g/mol. The Kier molecular flexibility index (Phi) is 16.9. The summed E-state index contributed by atoms with van der Waals surface area (Å²) in [6, 6.07) is 14.1. The molecule has 0 fully saturated rings. The van der Waals surface area contributed by atoms with Gasteiger partial charge in [0.15, 0.2) is 0 Å². The van der Waals surface area contributed by atoms with Crippen LogP contribution in [-0.2, 0) is 14.4 Å². The van der Waals surface area contributed by atoms with Crippen molar-refractivity contribution in [2.45, 2.75) is 80.2 Å². The van der Waals surface area contributed by atoms with Crippen LogP contribution in [0.3, 0.4) is 0 Å². The van der Waals surface area contributed by atoms with Gasteiger partial charge in [0.25, 0.3) is 0 Å². The van der Waals surface area contributed by atoms with Gasteiger partial charge in [0.1, 0.15) is 6.04 Å². The maximum Gasteiger partial charge on any atom is 0.475 e. The molecule has 0 aromatic heterocycles. The van der Waals surface area contributed by atoms with Gasteiger partial charge in [-0.2, -0.15) is 0 Å². The highest BCUT2D eigenvalue weighted by Gasteiger charge is 2.27. The highest BCUT2D eigenvalue weighted by atomic mass is 16.4. The molecule has 0 bridgehead atoms. The Bertz CT molecular complexity index is 960. The SMILES string of the molecule is CC.CC(=O)NC(CC(C)C)C(=O)NCC(=O)NC(CC(C)C)B(O)O.Cc1cccc2ccccc12. The summed E-state index contributed by atoms with van der Waals surface area (Å²) in [5.41, 5.74) is 1.35. The predicted molar refractivity (Wildman–Crippen MR) is 152 cm³/mol. The largest absolute Gasteiger partial charge is 0.475 e. The van der Waals surface area contributed by atoms with Crippen molar-refractivity contribution in [1.82, 2.24) is 16.0 Å². The maximum absolute atomic E-state index is 12.1.